The van der Waals surface area contributed by atoms with Gasteiger partial charge in [-0.25, -0.2) is 13.1 Å². The molecule has 0 aromatic heterocycles. The highest BCUT2D eigenvalue weighted by atomic mass is 32.2. The summed E-state index contributed by atoms with van der Waals surface area (Å²) in [6.07, 6.45) is 7.54. The van der Waals surface area contributed by atoms with Crippen molar-refractivity contribution in [3.8, 4) is 0 Å². The fourth-order valence-electron chi connectivity index (χ4n) is 3.89. The number of carbonyl (C=O) groups excluding carboxylic acids is 1. The highest BCUT2D eigenvalue weighted by Crippen LogP contribution is 2.51. The molecule has 0 spiro atoms. The van der Waals surface area contributed by atoms with E-state index in [-0.39, 0.29) is 16.7 Å². The van der Waals surface area contributed by atoms with Crippen molar-refractivity contribution in [2.75, 3.05) is 0 Å². The molecule has 0 unspecified atom stereocenters. The molecule has 2 saturated carbocycles. The Hall–Kier alpha value is -1.36. The number of benzene rings is 1. The van der Waals surface area contributed by atoms with Crippen LogP contribution in [-0.4, -0.2) is 14.3 Å². The van der Waals surface area contributed by atoms with Crippen LogP contribution < -0.4 is 4.72 Å². The zero-order chi connectivity index (χ0) is 15.3. The van der Waals surface area contributed by atoms with E-state index in [1.807, 2.05) is 6.07 Å². The average Bonchev–Trinajstić information content (AvgIpc) is 3.04. The Morgan fingerprint density at radius 1 is 1.09 bits per heavy atom. The molecular formula is C17H21NO3S. The lowest BCUT2D eigenvalue weighted by atomic mass is 9.81. The van der Waals surface area contributed by atoms with Crippen LogP contribution in [0.3, 0.4) is 0 Å². The molecule has 1 aromatic carbocycles. The van der Waals surface area contributed by atoms with E-state index in [1.54, 1.807) is 12.1 Å². The van der Waals surface area contributed by atoms with Crippen molar-refractivity contribution in [3.05, 3.63) is 29.3 Å². The molecule has 2 fully saturated rings. The zero-order valence-electron chi connectivity index (χ0n) is 12.5. The van der Waals surface area contributed by atoms with Gasteiger partial charge in [-0.3, -0.25) is 4.79 Å². The van der Waals surface area contributed by atoms with Crippen LogP contribution >= 0.6 is 0 Å². The maximum absolute atomic E-state index is 12.4. The molecule has 0 heterocycles. The molecular weight excluding hydrogens is 298 g/mol. The fourth-order valence-corrected chi connectivity index (χ4v) is 4.97. The standard InChI is InChI=1S/C17H21NO3S/c19-17(16-10-15(16)12-4-2-5-12)18-22(20,21)14-8-7-11-3-1-6-13(11)9-14/h7-9,12,15-16H,1-6,10H2,(H,18,19)/t15-,16+/m0/s1. The number of hydrogen-bond acceptors (Lipinski definition) is 3. The number of nitrogens with one attached hydrogen (secondary N) is 1. The first-order valence-electron chi connectivity index (χ1n) is 8.23. The average molecular weight is 319 g/mol. The van der Waals surface area contributed by atoms with Gasteiger partial charge >= 0.3 is 0 Å². The van der Waals surface area contributed by atoms with E-state index in [1.165, 1.54) is 24.8 Å². The Kier molecular flexibility index (Phi) is 3.29. The van der Waals surface area contributed by atoms with Crippen LogP contribution in [-0.2, 0) is 27.7 Å². The van der Waals surface area contributed by atoms with E-state index in [0.717, 1.165) is 31.2 Å². The van der Waals surface area contributed by atoms with Crippen molar-refractivity contribution < 1.29 is 13.2 Å². The lowest BCUT2D eigenvalue weighted by molar-refractivity contribution is -0.121. The van der Waals surface area contributed by atoms with Gasteiger partial charge in [0.1, 0.15) is 0 Å². The molecule has 0 bridgehead atoms. The first kappa shape index (κ1) is 14.2. The van der Waals surface area contributed by atoms with Gasteiger partial charge in [-0.05, 0) is 60.8 Å². The van der Waals surface area contributed by atoms with Crippen molar-refractivity contribution in [3.63, 3.8) is 0 Å². The molecule has 4 nitrogen and oxygen atoms in total. The minimum Gasteiger partial charge on any atom is -0.274 e. The van der Waals surface area contributed by atoms with Crippen molar-refractivity contribution >= 4 is 15.9 Å². The van der Waals surface area contributed by atoms with Crippen LogP contribution in [0.2, 0.25) is 0 Å². The molecule has 22 heavy (non-hydrogen) atoms. The topological polar surface area (TPSA) is 63.2 Å². The Balaban J connectivity index is 1.46. The van der Waals surface area contributed by atoms with Gasteiger partial charge in [0.25, 0.3) is 10.0 Å². The van der Waals surface area contributed by atoms with E-state index in [0.29, 0.717) is 11.8 Å². The fraction of sp³-hybridized carbons (Fsp3) is 0.588. The Labute approximate surface area is 131 Å². The summed E-state index contributed by atoms with van der Waals surface area (Å²) in [5.41, 5.74) is 2.34. The number of sulfonamides is 1. The van der Waals surface area contributed by atoms with Crippen LogP contribution in [0.4, 0.5) is 0 Å². The number of aryl methyl sites for hydroxylation is 2. The Bertz CT molecular complexity index is 721. The van der Waals surface area contributed by atoms with Crippen molar-refractivity contribution in [2.24, 2.45) is 17.8 Å². The summed E-state index contributed by atoms with van der Waals surface area (Å²) in [5.74, 6) is 0.675. The summed E-state index contributed by atoms with van der Waals surface area (Å²) in [6, 6.07) is 5.24. The smallest absolute Gasteiger partial charge is 0.264 e. The summed E-state index contributed by atoms with van der Waals surface area (Å²) in [6.45, 7) is 0. The van der Waals surface area contributed by atoms with Gasteiger partial charge in [0.05, 0.1) is 4.90 Å². The third kappa shape index (κ3) is 2.45. The van der Waals surface area contributed by atoms with Crippen molar-refractivity contribution in [2.45, 2.75) is 49.8 Å². The predicted molar refractivity (Wildman–Crippen MR) is 82.7 cm³/mol. The number of fused-ring (bicyclic) bond motifs is 1. The van der Waals surface area contributed by atoms with Gasteiger partial charge in [0.15, 0.2) is 0 Å². The van der Waals surface area contributed by atoms with Crippen LogP contribution in [0.1, 0.15) is 43.2 Å². The summed E-state index contributed by atoms with van der Waals surface area (Å²) < 4.78 is 27.1. The molecule has 3 aliphatic carbocycles. The van der Waals surface area contributed by atoms with Gasteiger partial charge in [-0.15, -0.1) is 0 Å². The van der Waals surface area contributed by atoms with Crippen molar-refractivity contribution in [1.82, 2.24) is 4.72 Å². The minimum atomic E-state index is -3.72. The third-order valence-electron chi connectivity index (χ3n) is 5.55. The van der Waals surface area contributed by atoms with E-state index in [4.69, 9.17) is 0 Å². The van der Waals surface area contributed by atoms with Gasteiger partial charge in [-0.2, -0.15) is 0 Å². The number of carbonyl (C=O) groups is 1. The highest BCUT2D eigenvalue weighted by Gasteiger charge is 2.49. The predicted octanol–water partition coefficient (Wildman–Crippen LogP) is 2.42. The molecule has 118 valence electrons. The number of amides is 1. The van der Waals surface area contributed by atoms with Gasteiger partial charge in [-0.1, -0.05) is 25.3 Å². The molecule has 1 aromatic rings. The van der Waals surface area contributed by atoms with Crippen molar-refractivity contribution in [1.29, 1.82) is 0 Å². The normalized spacial score (nSPS) is 27.1. The second-order valence-corrected chi connectivity index (χ2v) is 8.63. The molecule has 5 heteroatoms. The maximum Gasteiger partial charge on any atom is 0.264 e. The highest BCUT2D eigenvalue weighted by molar-refractivity contribution is 7.90. The largest absolute Gasteiger partial charge is 0.274 e. The SMILES string of the molecule is O=C(NS(=O)(=O)c1ccc2c(c1)CCC2)[C@@H]1C[C@H]1C1CCC1. The van der Waals surface area contributed by atoms with Crippen LogP contribution in [0, 0.1) is 17.8 Å². The first-order chi connectivity index (χ1) is 10.5. The quantitative estimate of drug-likeness (QED) is 0.927. The van der Waals surface area contributed by atoms with Gasteiger partial charge < -0.3 is 0 Å². The monoisotopic (exact) mass is 319 g/mol. The molecule has 2 atom stereocenters. The second kappa shape index (κ2) is 5.08. The van der Waals surface area contributed by atoms with Gasteiger partial charge in [0, 0.05) is 5.92 Å². The van der Waals surface area contributed by atoms with Crippen LogP contribution in [0.15, 0.2) is 23.1 Å². The van der Waals surface area contributed by atoms with E-state index in [2.05, 4.69) is 4.72 Å². The number of hydrogen-bond donors (Lipinski definition) is 1. The third-order valence-corrected chi connectivity index (χ3v) is 6.89. The lowest BCUT2D eigenvalue weighted by Gasteiger charge is -2.25. The summed E-state index contributed by atoms with van der Waals surface area (Å²) in [7, 11) is -3.72. The molecule has 0 aliphatic heterocycles. The van der Waals surface area contributed by atoms with E-state index < -0.39 is 10.0 Å². The van der Waals surface area contributed by atoms with E-state index >= 15 is 0 Å². The molecule has 0 radical (unpaired) electrons. The zero-order valence-corrected chi connectivity index (χ0v) is 13.4. The molecule has 1 amide bonds. The van der Waals surface area contributed by atoms with Crippen LogP contribution in [0.5, 0.6) is 0 Å². The molecule has 0 saturated heterocycles. The van der Waals surface area contributed by atoms with Gasteiger partial charge in [0.2, 0.25) is 5.91 Å². The molecule has 1 N–H and O–H groups in total. The Morgan fingerprint density at radius 3 is 2.59 bits per heavy atom. The minimum absolute atomic E-state index is 0.0884. The summed E-state index contributed by atoms with van der Waals surface area (Å²) >= 11 is 0. The second-order valence-electron chi connectivity index (χ2n) is 6.95. The number of rotatable bonds is 4. The van der Waals surface area contributed by atoms with Crippen LogP contribution in [0.25, 0.3) is 0 Å². The first-order valence-corrected chi connectivity index (χ1v) is 9.71. The Morgan fingerprint density at radius 2 is 1.86 bits per heavy atom. The maximum atomic E-state index is 12.4. The lowest BCUT2D eigenvalue weighted by Crippen LogP contribution is -2.33. The molecule has 4 rings (SSSR count). The molecule has 3 aliphatic rings. The summed E-state index contributed by atoms with van der Waals surface area (Å²) in [5, 5.41) is 0. The van der Waals surface area contributed by atoms with E-state index in [9.17, 15) is 13.2 Å². The summed E-state index contributed by atoms with van der Waals surface area (Å²) in [4.78, 5) is 12.4.